The highest BCUT2D eigenvalue weighted by Gasteiger charge is 2.55. The first kappa shape index (κ1) is 19.2. The number of hydrogen-bond acceptors (Lipinski definition) is 5. The molecule has 0 aromatic carbocycles. The Balaban J connectivity index is 1.88. The van der Waals surface area contributed by atoms with Gasteiger partial charge in [-0.25, -0.2) is 4.79 Å². The van der Waals surface area contributed by atoms with E-state index in [2.05, 4.69) is 10.1 Å². The van der Waals surface area contributed by atoms with E-state index in [9.17, 15) is 32.7 Å². The second kappa shape index (κ2) is 6.17. The van der Waals surface area contributed by atoms with Gasteiger partial charge in [0.1, 0.15) is 17.6 Å². The van der Waals surface area contributed by atoms with Gasteiger partial charge < -0.3 is 14.8 Å². The minimum absolute atomic E-state index is 0.00200. The maximum Gasteiger partial charge on any atom is 0.408 e. The lowest BCUT2D eigenvalue weighted by Crippen LogP contribution is -2.45. The van der Waals surface area contributed by atoms with Crippen LogP contribution in [0, 0.1) is 6.92 Å². The first-order valence-electron chi connectivity index (χ1n) is 8.57. The molecule has 4 rings (SSSR count). The maximum atomic E-state index is 13.3. The summed E-state index contributed by atoms with van der Waals surface area (Å²) in [7, 11) is 0. The molecule has 154 valence electrons. The van der Waals surface area contributed by atoms with Crippen LogP contribution in [0.1, 0.15) is 38.4 Å². The lowest BCUT2D eigenvalue weighted by molar-refractivity contribution is -0.142. The molecule has 2 aromatic heterocycles. The zero-order valence-electron chi connectivity index (χ0n) is 15.0. The summed E-state index contributed by atoms with van der Waals surface area (Å²) >= 11 is 0. The maximum absolute atomic E-state index is 13.3. The van der Waals surface area contributed by atoms with E-state index in [0.29, 0.717) is 4.68 Å². The summed E-state index contributed by atoms with van der Waals surface area (Å²) in [6.45, 7) is 0.277. The molecule has 12 heteroatoms. The number of nitrogens with one attached hydrogen (secondary N) is 1. The number of amides is 1. The van der Waals surface area contributed by atoms with Gasteiger partial charge in [-0.05, 0) is 12.5 Å². The first-order valence-corrected chi connectivity index (χ1v) is 8.57. The quantitative estimate of drug-likeness (QED) is 0.787. The van der Waals surface area contributed by atoms with Gasteiger partial charge in [-0.15, -0.1) is 0 Å². The summed E-state index contributed by atoms with van der Waals surface area (Å²) in [6.07, 6.45) is -2.00. The van der Waals surface area contributed by atoms with Crippen LogP contribution in [0.25, 0.3) is 0 Å². The fourth-order valence-corrected chi connectivity index (χ4v) is 4.04. The molecule has 0 aliphatic carbocycles. The number of pyridine rings is 1. The number of fused-ring (bicyclic) bond motifs is 2. The number of H-pyrrole nitrogens is 1. The van der Waals surface area contributed by atoms with Crippen LogP contribution >= 0.6 is 0 Å². The number of anilines is 1. The number of ether oxygens (including phenoxy) is 1. The molecule has 2 N–H and O–H groups in total. The molecule has 0 bridgehead atoms. The Bertz CT molecular complexity index is 1080. The van der Waals surface area contributed by atoms with Crippen LogP contribution in [0.3, 0.4) is 0 Å². The number of alkyl halides is 3. The van der Waals surface area contributed by atoms with Crippen molar-refractivity contribution >= 4 is 17.6 Å². The Morgan fingerprint density at radius 2 is 2.14 bits per heavy atom. The van der Waals surface area contributed by atoms with Crippen molar-refractivity contribution in [3.8, 4) is 0 Å². The molecule has 4 heterocycles. The third kappa shape index (κ3) is 2.82. The van der Waals surface area contributed by atoms with Gasteiger partial charge in [0.15, 0.2) is 0 Å². The van der Waals surface area contributed by atoms with Crippen molar-refractivity contribution in [2.45, 2.75) is 31.6 Å². The number of carboxylic acids is 1. The Morgan fingerprint density at radius 1 is 1.41 bits per heavy atom. The fraction of sp³-hybridized carbons (Fsp3) is 0.412. The number of aromatic nitrogens is 3. The van der Waals surface area contributed by atoms with Gasteiger partial charge in [0, 0.05) is 19.2 Å². The average molecular weight is 412 g/mol. The molecule has 0 saturated carbocycles. The van der Waals surface area contributed by atoms with Gasteiger partial charge >= 0.3 is 12.1 Å². The van der Waals surface area contributed by atoms with Gasteiger partial charge in [0.2, 0.25) is 0 Å². The highest BCUT2D eigenvalue weighted by Crippen LogP contribution is 2.47. The molecule has 2 aromatic rings. The van der Waals surface area contributed by atoms with E-state index in [1.54, 1.807) is 0 Å². The van der Waals surface area contributed by atoms with Crippen molar-refractivity contribution in [1.82, 2.24) is 14.8 Å². The molecule has 1 atom stereocenters. The second-order valence-corrected chi connectivity index (χ2v) is 7.00. The standard InChI is InChI=1S/C17H15F3N4O5/c1-8-10-12(22-13(25)11(8)15(27)28)16(2-3-29-7-16)24(14(10)26)9-4-21-23(5-9)6-17(18,19)20/h4-5H,2-3,6-7H2,1H3,(H,22,25)(H,27,28). The first-order chi connectivity index (χ1) is 13.5. The lowest BCUT2D eigenvalue weighted by Gasteiger charge is -2.32. The number of aromatic amines is 1. The van der Waals surface area contributed by atoms with E-state index in [-0.39, 0.29) is 42.1 Å². The molecule has 29 heavy (non-hydrogen) atoms. The Morgan fingerprint density at radius 3 is 2.72 bits per heavy atom. The summed E-state index contributed by atoms with van der Waals surface area (Å²) in [4.78, 5) is 40.8. The number of aromatic carboxylic acids is 1. The van der Waals surface area contributed by atoms with Crippen LogP contribution in [0.15, 0.2) is 17.2 Å². The molecule has 1 fully saturated rings. The Labute approximate surface area is 160 Å². The van der Waals surface area contributed by atoms with Gasteiger partial charge in [-0.1, -0.05) is 0 Å². The number of carbonyl (C=O) groups excluding carboxylic acids is 1. The molecule has 1 unspecified atom stereocenters. The minimum Gasteiger partial charge on any atom is -0.477 e. The van der Waals surface area contributed by atoms with Crippen LogP contribution in [-0.2, 0) is 16.8 Å². The highest BCUT2D eigenvalue weighted by molar-refractivity contribution is 6.13. The smallest absolute Gasteiger partial charge is 0.408 e. The summed E-state index contributed by atoms with van der Waals surface area (Å²) in [5, 5.41) is 13.0. The van der Waals surface area contributed by atoms with E-state index in [1.807, 2.05) is 0 Å². The van der Waals surface area contributed by atoms with Crippen molar-refractivity contribution in [1.29, 1.82) is 0 Å². The molecule has 1 amide bonds. The van der Waals surface area contributed by atoms with Gasteiger partial charge in [0.05, 0.1) is 29.7 Å². The molecular formula is C17H15F3N4O5. The summed E-state index contributed by atoms with van der Waals surface area (Å²) in [6, 6.07) is 0. The topological polar surface area (TPSA) is 118 Å². The molecule has 1 spiro atoms. The zero-order chi connectivity index (χ0) is 21.1. The summed E-state index contributed by atoms with van der Waals surface area (Å²) in [5.74, 6) is -2.11. The number of hydrogen-bond donors (Lipinski definition) is 2. The van der Waals surface area contributed by atoms with Crippen LogP contribution in [-0.4, -0.2) is 51.1 Å². The van der Waals surface area contributed by atoms with E-state index in [0.717, 1.165) is 12.4 Å². The number of carbonyl (C=O) groups is 2. The fourth-order valence-electron chi connectivity index (χ4n) is 4.04. The largest absolute Gasteiger partial charge is 0.477 e. The Kier molecular flexibility index (Phi) is 4.08. The van der Waals surface area contributed by atoms with Crippen LogP contribution in [0.5, 0.6) is 0 Å². The van der Waals surface area contributed by atoms with E-state index >= 15 is 0 Å². The van der Waals surface area contributed by atoms with Crippen molar-refractivity contribution in [2.24, 2.45) is 0 Å². The molecule has 2 aliphatic rings. The third-order valence-corrected chi connectivity index (χ3v) is 5.21. The van der Waals surface area contributed by atoms with Crippen molar-refractivity contribution < 1.29 is 32.6 Å². The number of carboxylic acid groups (broad SMARTS) is 1. The molecule has 0 radical (unpaired) electrons. The van der Waals surface area contributed by atoms with E-state index < -0.39 is 41.3 Å². The normalized spacial score (nSPS) is 21.2. The molecule has 1 saturated heterocycles. The third-order valence-electron chi connectivity index (χ3n) is 5.21. The predicted octanol–water partition coefficient (Wildman–Crippen LogP) is 1.42. The molecule has 9 nitrogen and oxygen atoms in total. The number of nitrogens with zero attached hydrogens (tertiary/aromatic N) is 3. The lowest BCUT2D eigenvalue weighted by atomic mass is 9.91. The molecular weight excluding hydrogens is 397 g/mol. The Hall–Kier alpha value is -3.15. The monoisotopic (exact) mass is 412 g/mol. The van der Waals surface area contributed by atoms with Crippen LogP contribution in [0.4, 0.5) is 18.9 Å². The zero-order valence-corrected chi connectivity index (χ0v) is 15.0. The summed E-state index contributed by atoms with van der Waals surface area (Å²) in [5.41, 5.74) is -2.26. The van der Waals surface area contributed by atoms with Gasteiger partial charge in [0.25, 0.3) is 11.5 Å². The summed E-state index contributed by atoms with van der Waals surface area (Å²) < 4.78 is 44.1. The predicted molar refractivity (Wildman–Crippen MR) is 91.0 cm³/mol. The second-order valence-electron chi connectivity index (χ2n) is 7.00. The van der Waals surface area contributed by atoms with Gasteiger partial charge in [-0.3, -0.25) is 19.2 Å². The highest BCUT2D eigenvalue weighted by atomic mass is 19.4. The van der Waals surface area contributed by atoms with Crippen LogP contribution in [0.2, 0.25) is 0 Å². The number of halogens is 3. The molecule has 2 aliphatic heterocycles. The van der Waals surface area contributed by atoms with Gasteiger partial charge in [-0.2, -0.15) is 18.3 Å². The van der Waals surface area contributed by atoms with E-state index in [1.165, 1.54) is 11.8 Å². The SMILES string of the molecule is Cc1c2c([nH]c(=O)c1C(=O)O)C1(CCOC1)N(c1cnn(CC(F)(F)F)c1)C2=O. The minimum atomic E-state index is -4.49. The van der Waals surface area contributed by atoms with Crippen molar-refractivity contribution in [3.63, 3.8) is 0 Å². The van der Waals surface area contributed by atoms with Crippen LogP contribution < -0.4 is 10.5 Å². The number of rotatable bonds is 3. The average Bonchev–Trinajstić information content (AvgIpc) is 3.27. The van der Waals surface area contributed by atoms with Crippen molar-refractivity contribution in [3.05, 3.63) is 45.1 Å². The van der Waals surface area contributed by atoms with E-state index in [4.69, 9.17) is 4.74 Å². The van der Waals surface area contributed by atoms with Crippen molar-refractivity contribution in [2.75, 3.05) is 18.1 Å².